The van der Waals surface area contributed by atoms with E-state index in [2.05, 4.69) is 110 Å². The Morgan fingerprint density at radius 3 is 1.35 bits per heavy atom. The molecule has 0 saturated heterocycles. The standard InChI is InChI=1S/2C17H16N.Zr/c2*1-12(2)13-6-5-7-14-15(13)9-10-16(14)17-8-3-4-11-18-17;/h2*3-9,11-12,16H,1-2H3;/q2*-1;+2. The van der Waals surface area contributed by atoms with Crippen molar-refractivity contribution in [1.29, 1.82) is 0 Å². The molecule has 37 heavy (non-hydrogen) atoms. The molecule has 2 heterocycles. The van der Waals surface area contributed by atoms with E-state index in [9.17, 15) is 0 Å². The molecule has 2 atom stereocenters. The SMILES string of the molecule is CC(C)c1cccc2c1C=[C-]C2c1ccccn1.CC(C)c1cccc2c1C=[C-]C2c1ccccn1.[Zr+2]. The van der Waals surface area contributed by atoms with Gasteiger partial charge in [-0.2, -0.15) is 11.1 Å². The third kappa shape index (κ3) is 5.68. The molecule has 0 spiro atoms. The van der Waals surface area contributed by atoms with Gasteiger partial charge < -0.3 is 0 Å². The van der Waals surface area contributed by atoms with Crippen LogP contribution in [-0.2, 0) is 26.2 Å². The Bertz CT molecular complexity index is 1280. The Labute approximate surface area is 240 Å². The molecule has 182 valence electrons. The molecule has 0 fully saturated rings. The van der Waals surface area contributed by atoms with Gasteiger partial charge in [0.15, 0.2) is 0 Å². The Hall–Kier alpha value is -2.90. The van der Waals surface area contributed by atoms with Gasteiger partial charge in [0.25, 0.3) is 0 Å². The molecule has 6 rings (SSSR count). The van der Waals surface area contributed by atoms with Crippen molar-refractivity contribution in [3.8, 4) is 0 Å². The monoisotopic (exact) mass is 558 g/mol. The number of rotatable bonds is 4. The van der Waals surface area contributed by atoms with Crippen molar-refractivity contribution in [3.05, 3.63) is 142 Å². The molecular weight excluding hydrogens is 528 g/mol. The van der Waals surface area contributed by atoms with Crippen LogP contribution in [0, 0.1) is 12.2 Å². The van der Waals surface area contributed by atoms with Crippen LogP contribution in [0.4, 0.5) is 0 Å². The van der Waals surface area contributed by atoms with Crippen LogP contribution in [0.2, 0.25) is 0 Å². The Balaban J connectivity index is 0.000000168. The van der Waals surface area contributed by atoms with Crippen molar-refractivity contribution in [2.45, 2.75) is 51.4 Å². The van der Waals surface area contributed by atoms with Crippen LogP contribution in [0.1, 0.15) is 96.1 Å². The molecule has 2 aliphatic carbocycles. The summed E-state index contributed by atoms with van der Waals surface area (Å²) >= 11 is 0. The van der Waals surface area contributed by atoms with Gasteiger partial charge in [0.05, 0.1) is 0 Å². The number of allylic oxidation sites excluding steroid dienone is 2. The van der Waals surface area contributed by atoms with Crippen molar-refractivity contribution in [2.75, 3.05) is 0 Å². The summed E-state index contributed by atoms with van der Waals surface area (Å²) in [5.74, 6) is 1.47. The second-order valence-electron chi connectivity index (χ2n) is 10.0. The van der Waals surface area contributed by atoms with Crippen LogP contribution in [0.15, 0.2) is 85.2 Å². The zero-order valence-corrected chi connectivity index (χ0v) is 24.4. The maximum Gasteiger partial charge on any atom is 2.00 e. The minimum Gasteiger partial charge on any atom is -0.262 e. The first-order chi connectivity index (χ1) is 17.5. The second-order valence-corrected chi connectivity index (χ2v) is 10.0. The number of benzene rings is 2. The van der Waals surface area contributed by atoms with Gasteiger partial charge >= 0.3 is 26.2 Å². The second kappa shape index (κ2) is 12.1. The van der Waals surface area contributed by atoms with E-state index in [1.165, 1.54) is 33.4 Å². The van der Waals surface area contributed by atoms with Crippen molar-refractivity contribution in [3.63, 3.8) is 0 Å². The van der Waals surface area contributed by atoms with Gasteiger partial charge in [0.1, 0.15) is 0 Å². The van der Waals surface area contributed by atoms with Crippen molar-refractivity contribution < 1.29 is 26.2 Å². The summed E-state index contributed by atoms with van der Waals surface area (Å²) in [4.78, 5) is 8.90. The number of hydrogen-bond acceptors (Lipinski definition) is 2. The van der Waals surface area contributed by atoms with Crippen LogP contribution in [-0.4, -0.2) is 9.97 Å². The maximum absolute atomic E-state index is 4.45. The average Bonchev–Trinajstić information content (AvgIpc) is 3.54. The van der Waals surface area contributed by atoms with Crippen LogP contribution in [0.3, 0.4) is 0 Å². The molecule has 2 aromatic carbocycles. The summed E-state index contributed by atoms with van der Waals surface area (Å²) in [6.07, 6.45) is 14.8. The number of nitrogens with zero attached hydrogens (tertiary/aromatic N) is 2. The molecule has 2 aliphatic rings. The molecule has 0 radical (unpaired) electrons. The van der Waals surface area contributed by atoms with E-state index < -0.39 is 0 Å². The molecule has 2 aromatic heterocycles. The summed E-state index contributed by atoms with van der Waals surface area (Å²) in [6.45, 7) is 8.93. The van der Waals surface area contributed by atoms with E-state index in [0.29, 0.717) is 11.8 Å². The van der Waals surface area contributed by atoms with E-state index in [1.54, 1.807) is 0 Å². The first-order valence-electron chi connectivity index (χ1n) is 12.8. The van der Waals surface area contributed by atoms with Crippen LogP contribution in [0.25, 0.3) is 12.2 Å². The third-order valence-corrected chi connectivity index (χ3v) is 6.97. The van der Waals surface area contributed by atoms with E-state index in [-0.39, 0.29) is 38.0 Å². The molecule has 2 nitrogen and oxygen atoms in total. The predicted molar refractivity (Wildman–Crippen MR) is 149 cm³/mol. The Morgan fingerprint density at radius 1 is 0.568 bits per heavy atom. The zero-order valence-electron chi connectivity index (χ0n) is 21.9. The Morgan fingerprint density at radius 2 is 1.00 bits per heavy atom. The zero-order chi connectivity index (χ0) is 25.1. The quantitative estimate of drug-likeness (QED) is 0.235. The summed E-state index contributed by atoms with van der Waals surface area (Å²) < 4.78 is 0. The molecule has 0 aliphatic heterocycles. The van der Waals surface area contributed by atoms with Gasteiger partial charge in [-0.05, 0) is 47.9 Å². The van der Waals surface area contributed by atoms with E-state index in [0.717, 1.165) is 11.4 Å². The van der Waals surface area contributed by atoms with E-state index in [1.807, 2.05) is 36.7 Å². The molecule has 3 heteroatoms. The van der Waals surface area contributed by atoms with Gasteiger partial charge in [-0.15, -0.1) is 22.3 Å². The van der Waals surface area contributed by atoms with Crippen LogP contribution in [0.5, 0.6) is 0 Å². The van der Waals surface area contributed by atoms with Gasteiger partial charge in [0.2, 0.25) is 0 Å². The first-order valence-corrected chi connectivity index (χ1v) is 12.8. The number of hydrogen-bond donors (Lipinski definition) is 0. The van der Waals surface area contributed by atoms with E-state index in [4.69, 9.17) is 0 Å². The Kier molecular flexibility index (Phi) is 8.88. The fraction of sp³-hybridized carbons (Fsp3) is 0.235. The molecular formula is C34H32N2Zr. The topological polar surface area (TPSA) is 25.8 Å². The van der Waals surface area contributed by atoms with Gasteiger partial charge in [-0.3, -0.25) is 22.1 Å². The molecule has 0 N–H and O–H groups in total. The number of aromatic nitrogens is 2. The number of fused-ring (bicyclic) bond motifs is 2. The third-order valence-electron chi connectivity index (χ3n) is 6.97. The summed E-state index contributed by atoms with van der Waals surface area (Å²) in [5, 5.41) is 0. The van der Waals surface area contributed by atoms with Gasteiger partial charge in [-0.1, -0.05) is 76.2 Å². The summed E-state index contributed by atoms with van der Waals surface area (Å²) in [7, 11) is 0. The van der Waals surface area contributed by atoms with Gasteiger partial charge in [-0.25, -0.2) is 12.2 Å². The minimum atomic E-state index is 0. The van der Waals surface area contributed by atoms with E-state index >= 15 is 0 Å². The first kappa shape index (κ1) is 27.1. The summed E-state index contributed by atoms with van der Waals surface area (Å²) in [6, 6.07) is 25.2. The summed E-state index contributed by atoms with van der Waals surface area (Å²) in [5.41, 5.74) is 10.3. The van der Waals surface area contributed by atoms with Crippen LogP contribution >= 0.6 is 0 Å². The normalized spacial score (nSPS) is 16.7. The maximum atomic E-state index is 4.45. The molecule has 4 aromatic rings. The largest absolute Gasteiger partial charge is 2.00 e. The smallest absolute Gasteiger partial charge is 0.262 e. The molecule has 0 amide bonds. The fourth-order valence-corrected chi connectivity index (χ4v) is 5.14. The molecule has 0 bridgehead atoms. The van der Waals surface area contributed by atoms with Crippen LogP contribution < -0.4 is 0 Å². The molecule has 0 saturated carbocycles. The van der Waals surface area contributed by atoms with Crippen molar-refractivity contribution >= 4 is 12.2 Å². The van der Waals surface area contributed by atoms with Crippen molar-refractivity contribution in [2.24, 2.45) is 0 Å². The number of pyridine rings is 2. The average molecular weight is 560 g/mol. The fourth-order valence-electron chi connectivity index (χ4n) is 5.14. The molecule has 2 unspecified atom stereocenters. The van der Waals surface area contributed by atoms with Gasteiger partial charge in [0, 0.05) is 23.8 Å². The predicted octanol–water partition coefficient (Wildman–Crippen LogP) is 8.33. The minimum absolute atomic E-state index is 0. The van der Waals surface area contributed by atoms with Crippen molar-refractivity contribution in [1.82, 2.24) is 9.97 Å².